The Morgan fingerprint density at radius 2 is 1.95 bits per heavy atom. The number of hydrogen-bond donors (Lipinski definition) is 2. The van der Waals surface area contributed by atoms with Gasteiger partial charge in [0, 0.05) is 10.9 Å². The van der Waals surface area contributed by atoms with Crippen molar-refractivity contribution in [2.24, 2.45) is 0 Å². The van der Waals surface area contributed by atoms with E-state index in [1.54, 1.807) is 6.20 Å². The van der Waals surface area contributed by atoms with E-state index in [9.17, 15) is 4.79 Å². The lowest BCUT2D eigenvalue weighted by Crippen LogP contribution is -2.11. The van der Waals surface area contributed by atoms with Gasteiger partial charge in [-0.25, -0.2) is 0 Å². The van der Waals surface area contributed by atoms with E-state index in [-0.39, 0.29) is 5.91 Å². The minimum atomic E-state index is -0.117. The normalized spacial score (nSPS) is 10.6. The highest BCUT2D eigenvalue weighted by atomic mass is 16.1. The number of fused-ring (bicyclic) bond motifs is 1. The van der Waals surface area contributed by atoms with Gasteiger partial charge in [0.15, 0.2) is 0 Å². The number of H-pyrrole nitrogens is 1. The summed E-state index contributed by atoms with van der Waals surface area (Å²) in [6, 6.07) is 13.2. The highest BCUT2D eigenvalue weighted by Crippen LogP contribution is 2.21. The summed E-state index contributed by atoms with van der Waals surface area (Å²) in [5, 5.41) is 10.7. The molecular formula is C15H13N3O. The first-order valence-corrected chi connectivity index (χ1v) is 6.04. The molecule has 1 aromatic heterocycles. The van der Waals surface area contributed by atoms with Gasteiger partial charge in [-0.2, -0.15) is 5.10 Å². The smallest absolute Gasteiger partial charge is 0.255 e. The van der Waals surface area contributed by atoms with E-state index < -0.39 is 0 Å². The molecule has 2 aromatic carbocycles. The lowest BCUT2D eigenvalue weighted by molar-refractivity contribution is 0.102. The average Bonchev–Trinajstić information content (AvgIpc) is 2.89. The summed E-state index contributed by atoms with van der Waals surface area (Å²) in [5.41, 5.74) is 3.44. The number of carbonyl (C=O) groups is 1. The number of nitrogens with zero attached hydrogens (tertiary/aromatic N) is 1. The molecule has 3 aromatic rings. The first-order valence-electron chi connectivity index (χ1n) is 6.04. The van der Waals surface area contributed by atoms with Crippen molar-refractivity contribution in [2.75, 3.05) is 5.32 Å². The van der Waals surface area contributed by atoms with Gasteiger partial charge in [0.2, 0.25) is 0 Å². The first kappa shape index (κ1) is 11.5. The van der Waals surface area contributed by atoms with Crippen LogP contribution in [0.25, 0.3) is 10.9 Å². The summed E-state index contributed by atoms with van der Waals surface area (Å²) in [6.07, 6.45) is 1.71. The van der Waals surface area contributed by atoms with Crippen molar-refractivity contribution < 1.29 is 4.79 Å². The Kier molecular flexibility index (Phi) is 2.76. The van der Waals surface area contributed by atoms with Crippen LogP contribution in [0.15, 0.2) is 48.7 Å². The van der Waals surface area contributed by atoms with E-state index in [1.807, 2.05) is 49.4 Å². The summed E-state index contributed by atoms with van der Waals surface area (Å²) in [7, 11) is 0. The maximum atomic E-state index is 12.1. The minimum absolute atomic E-state index is 0.117. The molecule has 0 aliphatic carbocycles. The number of hydrogen-bond acceptors (Lipinski definition) is 2. The number of amides is 1. The molecule has 0 saturated carbocycles. The van der Waals surface area contributed by atoms with Gasteiger partial charge in [0.25, 0.3) is 5.91 Å². The molecule has 0 bridgehead atoms. The second kappa shape index (κ2) is 4.57. The minimum Gasteiger partial charge on any atom is -0.321 e. The molecule has 4 heteroatoms. The number of aryl methyl sites for hydroxylation is 1. The highest BCUT2D eigenvalue weighted by Gasteiger charge is 2.08. The zero-order valence-corrected chi connectivity index (χ0v) is 10.5. The summed E-state index contributed by atoms with van der Waals surface area (Å²) in [6.45, 7) is 1.99. The molecular weight excluding hydrogens is 238 g/mol. The lowest BCUT2D eigenvalue weighted by Gasteiger charge is -2.06. The fourth-order valence-corrected chi connectivity index (χ4v) is 1.98. The van der Waals surface area contributed by atoms with Crippen molar-refractivity contribution in [3.05, 3.63) is 59.8 Å². The van der Waals surface area contributed by atoms with E-state index in [0.717, 1.165) is 22.2 Å². The summed E-state index contributed by atoms with van der Waals surface area (Å²) >= 11 is 0. The number of benzene rings is 2. The van der Waals surface area contributed by atoms with E-state index >= 15 is 0 Å². The first-order chi connectivity index (χ1) is 9.24. The second-order valence-corrected chi connectivity index (χ2v) is 4.46. The number of anilines is 1. The molecule has 3 rings (SSSR count). The quantitative estimate of drug-likeness (QED) is 0.735. The Labute approximate surface area is 110 Å². The highest BCUT2D eigenvalue weighted by molar-refractivity contribution is 6.08. The second-order valence-electron chi connectivity index (χ2n) is 4.46. The monoisotopic (exact) mass is 251 g/mol. The van der Waals surface area contributed by atoms with Crippen molar-refractivity contribution in [3.63, 3.8) is 0 Å². The van der Waals surface area contributed by atoms with Crippen molar-refractivity contribution in [1.29, 1.82) is 0 Å². The van der Waals surface area contributed by atoms with Crippen LogP contribution in [0.1, 0.15) is 15.9 Å². The predicted molar refractivity (Wildman–Crippen MR) is 75.2 cm³/mol. The van der Waals surface area contributed by atoms with E-state index in [2.05, 4.69) is 15.5 Å². The zero-order valence-electron chi connectivity index (χ0n) is 10.5. The van der Waals surface area contributed by atoms with E-state index in [0.29, 0.717) is 5.56 Å². The molecule has 0 atom stereocenters. The molecule has 2 N–H and O–H groups in total. The average molecular weight is 251 g/mol. The lowest BCUT2D eigenvalue weighted by atomic mass is 10.1. The predicted octanol–water partition coefficient (Wildman–Crippen LogP) is 3.12. The molecule has 4 nitrogen and oxygen atoms in total. The largest absolute Gasteiger partial charge is 0.321 e. The molecule has 0 radical (unpaired) electrons. The molecule has 19 heavy (non-hydrogen) atoms. The van der Waals surface area contributed by atoms with Crippen molar-refractivity contribution >= 4 is 22.5 Å². The maximum absolute atomic E-state index is 12.1. The van der Waals surface area contributed by atoms with Gasteiger partial charge in [-0.05, 0) is 31.2 Å². The topological polar surface area (TPSA) is 57.8 Å². The molecule has 0 aliphatic rings. The molecule has 0 aliphatic heterocycles. The SMILES string of the molecule is Cc1ccc(C(=O)Nc2cccc3[nH]ncc23)cc1. The van der Waals surface area contributed by atoms with Gasteiger partial charge in [0.1, 0.15) is 0 Å². The number of aromatic nitrogens is 2. The summed E-state index contributed by atoms with van der Waals surface area (Å²) in [4.78, 5) is 12.1. The molecule has 0 saturated heterocycles. The van der Waals surface area contributed by atoms with Gasteiger partial charge >= 0.3 is 0 Å². The Morgan fingerprint density at radius 1 is 1.16 bits per heavy atom. The van der Waals surface area contributed by atoms with Crippen LogP contribution in [0.3, 0.4) is 0 Å². The third kappa shape index (κ3) is 2.20. The Bertz CT molecular complexity index is 728. The molecule has 1 amide bonds. The third-order valence-corrected chi connectivity index (χ3v) is 3.05. The van der Waals surface area contributed by atoms with Crippen LogP contribution in [-0.4, -0.2) is 16.1 Å². The summed E-state index contributed by atoms with van der Waals surface area (Å²) < 4.78 is 0. The molecule has 0 spiro atoms. The van der Waals surface area contributed by atoms with Crippen LogP contribution in [0.5, 0.6) is 0 Å². The van der Waals surface area contributed by atoms with Crippen molar-refractivity contribution in [2.45, 2.75) is 6.92 Å². The van der Waals surface area contributed by atoms with Crippen LogP contribution in [0.2, 0.25) is 0 Å². The van der Waals surface area contributed by atoms with E-state index in [1.165, 1.54) is 0 Å². The Morgan fingerprint density at radius 3 is 2.74 bits per heavy atom. The van der Waals surface area contributed by atoms with Crippen LogP contribution >= 0.6 is 0 Å². The Balaban J connectivity index is 1.90. The van der Waals surface area contributed by atoms with Crippen LogP contribution in [0.4, 0.5) is 5.69 Å². The molecule has 0 unspecified atom stereocenters. The van der Waals surface area contributed by atoms with Gasteiger partial charge in [-0.1, -0.05) is 23.8 Å². The number of carbonyl (C=O) groups excluding carboxylic acids is 1. The number of rotatable bonds is 2. The van der Waals surface area contributed by atoms with Gasteiger partial charge in [0.05, 0.1) is 17.4 Å². The van der Waals surface area contributed by atoms with Crippen LogP contribution < -0.4 is 5.32 Å². The van der Waals surface area contributed by atoms with E-state index in [4.69, 9.17) is 0 Å². The van der Waals surface area contributed by atoms with Crippen LogP contribution in [0, 0.1) is 6.92 Å². The third-order valence-electron chi connectivity index (χ3n) is 3.05. The number of nitrogens with one attached hydrogen (secondary N) is 2. The zero-order chi connectivity index (χ0) is 13.2. The molecule has 94 valence electrons. The maximum Gasteiger partial charge on any atom is 0.255 e. The van der Waals surface area contributed by atoms with Gasteiger partial charge < -0.3 is 5.32 Å². The van der Waals surface area contributed by atoms with Gasteiger partial charge in [-0.15, -0.1) is 0 Å². The van der Waals surface area contributed by atoms with Gasteiger partial charge in [-0.3, -0.25) is 9.89 Å². The Hall–Kier alpha value is -2.62. The molecule has 1 heterocycles. The van der Waals surface area contributed by atoms with Crippen molar-refractivity contribution in [1.82, 2.24) is 10.2 Å². The number of aromatic amines is 1. The molecule has 0 fully saturated rings. The standard InChI is InChI=1S/C15H13N3O/c1-10-5-7-11(8-6-10)15(19)17-13-3-2-4-14-12(13)9-16-18-14/h2-9H,1H3,(H,16,18)(H,17,19). The fourth-order valence-electron chi connectivity index (χ4n) is 1.98. The van der Waals surface area contributed by atoms with Crippen molar-refractivity contribution in [3.8, 4) is 0 Å². The van der Waals surface area contributed by atoms with Crippen LogP contribution in [-0.2, 0) is 0 Å². The fraction of sp³-hybridized carbons (Fsp3) is 0.0667. The summed E-state index contributed by atoms with van der Waals surface area (Å²) in [5.74, 6) is -0.117.